The number of aromatic nitrogens is 2. The molecule has 9 heteroatoms. The fourth-order valence-electron chi connectivity index (χ4n) is 2.42. The summed E-state index contributed by atoms with van der Waals surface area (Å²) < 4.78 is 6.56. The van der Waals surface area contributed by atoms with Crippen LogP contribution < -0.4 is 0 Å². The fraction of sp³-hybridized carbons (Fsp3) is 0.400. The highest BCUT2D eigenvalue weighted by atomic mass is 32.2. The van der Waals surface area contributed by atoms with E-state index in [2.05, 4.69) is 15.1 Å². The largest absolute Gasteiger partial charge is 0.419 e. The summed E-state index contributed by atoms with van der Waals surface area (Å²) in [5, 5.41) is 18.8. The predicted molar refractivity (Wildman–Crippen MR) is 95.8 cm³/mol. The topological polar surface area (TPSA) is 85.3 Å². The molecule has 24 heavy (non-hydrogen) atoms. The van der Waals surface area contributed by atoms with Gasteiger partial charge in [0.1, 0.15) is 4.32 Å². The smallest absolute Gasteiger partial charge is 0.269 e. The third-order valence-electron chi connectivity index (χ3n) is 3.76. The van der Waals surface area contributed by atoms with Crippen molar-refractivity contribution in [1.29, 1.82) is 0 Å². The molecule has 0 radical (unpaired) electrons. The molecule has 1 aliphatic rings. The number of non-ortho nitro benzene ring substituents is 1. The number of rotatable bonds is 4. The number of hydrogen-bond donors (Lipinski definition) is 0. The fourth-order valence-corrected chi connectivity index (χ4v) is 3.86. The van der Waals surface area contributed by atoms with Crippen LogP contribution in [0.2, 0.25) is 0 Å². The van der Waals surface area contributed by atoms with Gasteiger partial charge in [0.25, 0.3) is 5.69 Å². The van der Waals surface area contributed by atoms with Gasteiger partial charge in [-0.3, -0.25) is 10.1 Å². The molecule has 3 rings (SSSR count). The lowest BCUT2D eigenvalue weighted by Crippen LogP contribution is -2.23. The number of thioether (sulfide) groups is 1. The van der Waals surface area contributed by atoms with Crippen LogP contribution in [0.4, 0.5) is 5.69 Å². The molecule has 0 spiro atoms. The third-order valence-corrected chi connectivity index (χ3v) is 5.32. The highest BCUT2D eigenvalue weighted by molar-refractivity contribution is 8.23. The van der Waals surface area contributed by atoms with E-state index in [1.54, 1.807) is 12.1 Å². The first kappa shape index (κ1) is 16.8. The molecule has 0 aliphatic carbocycles. The molecule has 0 amide bonds. The van der Waals surface area contributed by atoms with Gasteiger partial charge >= 0.3 is 0 Å². The summed E-state index contributed by atoms with van der Waals surface area (Å²) in [5.74, 6) is 0.842. The van der Waals surface area contributed by atoms with Gasteiger partial charge in [-0.15, -0.1) is 10.2 Å². The highest BCUT2D eigenvalue weighted by Crippen LogP contribution is 2.32. The Morgan fingerprint density at radius 2 is 2.00 bits per heavy atom. The molecule has 0 N–H and O–H groups in total. The quantitative estimate of drug-likeness (QED) is 0.460. The van der Waals surface area contributed by atoms with Crippen molar-refractivity contribution in [2.24, 2.45) is 0 Å². The Labute approximate surface area is 148 Å². The van der Waals surface area contributed by atoms with Crippen molar-refractivity contribution in [2.45, 2.75) is 25.0 Å². The van der Waals surface area contributed by atoms with Crippen molar-refractivity contribution < 1.29 is 9.34 Å². The SMILES string of the molecule is C[C@@H](SC(=S)N1CCCC1)c1nnc(-c2ccc([N+](=O)[O-])cc2)o1. The van der Waals surface area contributed by atoms with Gasteiger partial charge in [0.15, 0.2) is 0 Å². The molecule has 1 saturated heterocycles. The summed E-state index contributed by atoms with van der Waals surface area (Å²) in [6, 6.07) is 6.03. The molecule has 0 saturated carbocycles. The van der Waals surface area contributed by atoms with Crippen molar-refractivity contribution in [2.75, 3.05) is 13.1 Å². The van der Waals surface area contributed by atoms with E-state index in [0.717, 1.165) is 17.4 Å². The van der Waals surface area contributed by atoms with Gasteiger partial charge in [-0.25, -0.2) is 0 Å². The Balaban J connectivity index is 1.67. The van der Waals surface area contributed by atoms with Crippen molar-refractivity contribution in [3.63, 3.8) is 0 Å². The number of nitro benzene ring substituents is 1. The molecule has 126 valence electrons. The summed E-state index contributed by atoms with van der Waals surface area (Å²) in [4.78, 5) is 12.4. The summed E-state index contributed by atoms with van der Waals surface area (Å²) in [5.41, 5.74) is 0.678. The van der Waals surface area contributed by atoms with E-state index >= 15 is 0 Å². The zero-order chi connectivity index (χ0) is 17.1. The summed E-state index contributed by atoms with van der Waals surface area (Å²) in [7, 11) is 0. The lowest BCUT2D eigenvalue weighted by molar-refractivity contribution is -0.384. The Kier molecular flexibility index (Phi) is 5.10. The Morgan fingerprint density at radius 1 is 1.33 bits per heavy atom. The van der Waals surface area contributed by atoms with Crippen LogP contribution in [0.1, 0.15) is 30.9 Å². The maximum absolute atomic E-state index is 10.7. The van der Waals surface area contributed by atoms with Crippen LogP contribution in [-0.2, 0) is 0 Å². The van der Waals surface area contributed by atoms with Gasteiger partial charge in [-0.2, -0.15) is 0 Å². The lowest BCUT2D eigenvalue weighted by Gasteiger charge is -2.19. The molecule has 7 nitrogen and oxygen atoms in total. The van der Waals surface area contributed by atoms with Crippen LogP contribution >= 0.6 is 24.0 Å². The summed E-state index contributed by atoms with van der Waals surface area (Å²) in [6.45, 7) is 3.99. The van der Waals surface area contributed by atoms with Crippen LogP contribution in [0.5, 0.6) is 0 Å². The van der Waals surface area contributed by atoms with Crippen LogP contribution in [-0.4, -0.2) is 37.4 Å². The average Bonchev–Trinajstić information content (AvgIpc) is 3.26. The van der Waals surface area contributed by atoms with E-state index in [4.69, 9.17) is 16.6 Å². The van der Waals surface area contributed by atoms with Gasteiger partial charge < -0.3 is 9.32 Å². The molecule has 1 aliphatic heterocycles. The lowest BCUT2D eigenvalue weighted by atomic mass is 10.2. The Hall–Kier alpha value is -2.00. The van der Waals surface area contributed by atoms with Gasteiger partial charge in [0.2, 0.25) is 11.8 Å². The maximum Gasteiger partial charge on any atom is 0.269 e. The third kappa shape index (κ3) is 3.73. The minimum atomic E-state index is -0.443. The first-order valence-electron chi connectivity index (χ1n) is 7.58. The molecular weight excluding hydrogens is 348 g/mol. The molecule has 1 fully saturated rings. The average molecular weight is 364 g/mol. The van der Waals surface area contributed by atoms with E-state index in [9.17, 15) is 10.1 Å². The Morgan fingerprint density at radius 3 is 2.62 bits per heavy atom. The highest BCUT2D eigenvalue weighted by Gasteiger charge is 2.22. The van der Waals surface area contributed by atoms with Crippen LogP contribution in [0.15, 0.2) is 28.7 Å². The van der Waals surface area contributed by atoms with Crippen LogP contribution in [0.3, 0.4) is 0 Å². The zero-order valence-corrected chi connectivity index (χ0v) is 14.7. The minimum Gasteiger partial charge on any atom is -0.419 e. The van der Waals surface area contributed by atoms with Gasteiger partial charge in [0.05, 0.1) is 10.2 Å². The van der Waals surface area contributed by atoms with Gasteiger partial charge in [0, 0.05) is 30.8 Å². The summed E-state index contributed by atoms with van der Waals surface area (Å²) in [6.07, 6.45) is 2.36. The van der Waals surface area contributed by atoms with Gasteiger partial charge in [-0.05, 0) is 31.9 Å². The predicted octanol–water partition coefficient (Wildman–Crippen LogP) is 3.82. The number of likely N-dealkylation sites (tertiary alicyclic amines) is 1. The monoisotopic (exact) mass is 364 g/mol. The molecular formula is C15H16N4O3S2. The molecule has 0 bridgehead atoms. The molecule has 1 atom stereocenters. The normalized spacial score (nSPS) is 15.5. The number of thiocarbonyl (C=S) groups is 1. The first-order valence-corrected chi connectivity index (χ1v) is 8.87. The first-order chi connectivity index (χ1) is 11.5. The minimum absolute atomic E-state index is 0.0263. The second-order valence-corrected chi connectivity index (χ2v) is 7.44. The van der Waals surface area contributed by atoms with Crippen molar-refractivity contribution >= 4 is 34.0 Å². The van der Waals surface area contributed by atoms with E-state index in [0.29, 0.717) is 17.3 Å². The number of nitrogens with zero attached hydrogens (tertiary/aromatic N) is 4. The zero-order valence-electron chi connectivity index (χ0n) is 13.0. The van der Waals surface area contributed by atoms with E-state index in [1.807, 2.05) is 6.92 Å². The Bertz CT molecular complexity index is 741. The van der Waals surface area contributed by atoms with Crippen LogP contribution in [0, 0.1) is 10.1 Å². The second kappa shape index (κ2) is 7.27. The molecule has 2 aromatic rings. The van der Waals surface area contributed by atoms with E-state index in [-0.39, 0.29) is 10.9 Å². The molecule has 1 aromatic heterocycles. The standard InChI is InChI=1S/C15H16N4O3S2/c1-10(24-15(23)18-8-2-3-9-18)13-16-17-14(22-13)11-4-6-12(7-5-11)19(20)21/h4-7,10H,2-3,8-9H2,1H3/t10-/m1/s1. The number of nitro groups is 1. The maximum atomic E-state index is 10.7. The molecule has 1 aromatic carbocycles. The number of benzene rings is 1. The molecule has 2 heterocycles. The molecule has 0 unspecified atom stereocenters. The second-order valence-electron chi connectivity index (χ2n) is 5.47. The van der Waals surface area contributed by atoms with Crippen molar-refractivity contribution in [3.8, 4) is 11.5 Å². The van der Waals surface area contributed by atoms with E-state index in [1.165, 1.54) is 36.7 Å². The van der Waals surface area contributed by atoms with Crippen LogP contribution in [0.25, 0.3) is 11.5 Å². The van der Waals surface area contributed by atoms with E-state index < -0.39 is 4.92 Å². The van der Waals surface area contributed by atoms with Crippen molar-refractivity contribution in [3.05, 3.63) is 40.3 Å². The number of hydrogen-bond acceptors (Lipinski definition) is 7. The summed E-state index contributed by atoms with van der Waals surface area (Å²) >= 11 is 7.00. The van der Waals surface area contributed by atoms with Crippen molar-refractivity contribution in [1.82, 2.24) is 15.1 Å². The van der Waals surface area contributed by atoms with Gasteiger partial charge in [-0.1, -0.05) is 24.0 Å².